The molecule has 0 radical (unpaired) electrons. The fraction of sp³-hybridized carbons (Fsp3) is 0.423. The number of carbonyl (C=O) groups is 1. The maximum absolute atomic E-state index is 13.0. The van der Waals surface area contributed by atoms with E-state index in [2.05, 4.69) is 4.72 Å². The zero-order chi connectivity index (χ0) is 27.0. The van der Waals surface area contributed by atoms with E-state index in [1.807, 2.05) is 60.2 Å². The van der Waals surface area contributed by atoms with Crippen LogP contribution in [0.25, 0.3) is 16.6 Å². The molecule has 1 atom stereocenters. The molecular weight excluding hydrogens is 512 g/mol. The fourth-order valence-electron chi connectivity index (χ4n) is 4.40. The SMILES string of the molecule is CC(C)S(=O)(=O)NC[C@H](C)c1ccc(-n2ccc3cc(C(=O)N4CCN(S(C)(=O)=O)CC4)ccc32)cc1. The summed E-state index contributed by atoms with van der Waals surface area (Å²) < 4.78 is 53.7. The number of fused-ring (bicyclic) bond motifs is 1. The molecule has 1 amide bonds. The number of benzene rings is 2. The monoisotopic (exact) mass is 546 g/mol. The van der Waals surface area contributed by atoms with Gasteiger partial charge in [-0.15, -0.1) is 0 Å². The molecule has 9 nitrogen and oxygen atoms in total. The van der Waals surface area contributed by atoms with Gasteiger partial charge >= 0.3 is 0 Å². The number of hydrogen-bond acceptors (Lipinski definition) is 5. The van der Waals surface area contributed by atoms with Gasteiger partial charge in [0.05, 0.1) is 17.0 Å². The summed E-state index contributed by atoms with van der Waals surface area (Å²) in [7, 11) is -6.55. The second-order valence-corrected chi connectivity index (χ2v) is 14.2. The Hall–Kier alpha value is -2.73. The Labute approximate surface area is 219 Å². The number of aromatic nitrogens is 1. The van der Waals surface area contributed by atoms with Crippen LogP contribution in [0.4, 0.5) is 0 Å². The summed E-state index contributed by atoms with van der Waals surface area (Å²) in [6.45, 7) is 7.00. The van der Waals surface area contributed by atoms with Crippen molar-refractivity contribution in [1.82, 2.24) is 18.5 Å². The molecule has 0 spiro atoms. The summed E-state index contributed by atoms with van der Waals surface area (Å²) in [5, 5.41) is 0.464. The van der Waals surface area contributed by atoms with Gasteiger partial charge in [0.1, 0.15) is 0 Å². The highest BCUT2D eigenvalue weighted by Crippen LogP contribution is 2.24. The average Bonchev–Trinajstić information content (AvgIpc) is 3.30. The van der Waals surface area contributed by atoms with Crippen LogP contribution in [0.15, 0.2) is 54.7 Å². The van der Waals surface area contributed by atoms with E-state index in [1.54, 1.807) is 24.8 Å². The van der Waals surface area contributed by atoms with Gasteiger partial charge in [0.2, 0.25) is 20.0 Å². The standard InChI is InChI=1S/C26H34N4O5S2/c1-19(2)37(34,35)27-18-20(3)21-5-8-24(9-6-21)30-12-11-22-17-23(7-10-25(22)30)26(31)28-13-15-29(16-14-28)36(4,32)33/h5-12,17,19-20,27H,13-16,18H2,1-4H3/t20-/m0/s1. The highest BCUT2D eigenvalue weighted by atomic mass is 32.2. The number of rotatable bonds is 8. The van der Waals surface area contributed by atoms with E-state index in [9.17, 15) is 21.6 Å². The summed E-state index contributed by atoms with van der Waals surface area (Å²) in [4.78, 5) is 14.7. The molecule has 1 aliphatic rings. The lowest BCUT2D eigenvalue weighted by molar-refractivity contribution is 0.0698. The van der Waals surface area contributed by atoms with Gasteiger partial charge in [-0.3, -0.25) is 4.79 Å². The Morgan fingerprint density at radius 3 is 2.16 bits per heavy atom. The molecule has 0 bridgehead atoms. The van der Waals surface area contributed by atoms with Gasteiger partial charge in [-0.05, 0) is 61.7 Å². The third-order valence-electron chi connectivity index (χ3n) is 6.88. The first-order valence-corrected chi connectivity index (χ1v) is 15.7. The van der Waals surface area contributed by atoms with Gasteiger partial charge < -0.3 is 9.47 Å². The molecule has 11 heteroatoms. The lowest BCUT2D eigenvalue weighted by Crippen LogP contribution is -2.50. The quantitative estimate of drug-likeness (QED) is 0.467. The van der Waals surface area contributed by atoms with Crippen molar-refractivity contribution in [3.63, 3.8) is 0 Å². The molecule has 2 aromatic carbocycles. The first-order valence-electron chi connectivity index (χ1n) is 12.3. The second-order valence-electron chi connectivity index (χ2n) is 9.85. The first-order chi connectivity index (χ1) is 17.4. The molecule has 1 N–H and O–H groups in total. The molecule has 1 fully saturated rings. The minimum atomic E-state index is -3.30. The minimum Gasteiger partial charge on any atom is -0.336 e. The highest BCUT2D eigenvalue weighted by Gasteiger charge is 2.26. The second kappa shape index (κ2) is 10.6. The van der Waals surface area contributed by atoms with E-state index >= 15 is 0 Å². The van der Waals surface area contributed by atoms with Gasteiger partial charge in [0.15, 0.2) is 0 Å². The van der Waals surface area contributed by atoms with Crippen molar-refractivity contribution >= 4 is 36.9 Å². The van der Waals surface area contributed by atoms with Crippen molar-refractivity contribution in [2.45, 2.75) is 31.9 Å². The van der Waals surface area contributed by atoms with Gasteiger partial charge in [0, 0.05) is 55.6 Å². The van der Waals surface area contributed by atoms with Crippen LogP contribution in [0.1, 0.15) is 42.6 Å². The van der Waals surface area contributed by atoms with Crippen LogP contribution in [0.2, 0.25) is 0 Å². The van der Waals surface area contributed by atoms with Gasteiger partial charge in [-0.25, -0.2) is 21.6 Å². The summed E-state index contributed by atoms with van der Waals surface area (Å²) in [5.41, 5.74) is 3.54. The summed E-state index contributed by atoms with van der Waals surface area (Å²) >= 11 is 0. The lowest BCUT2D eigenvalue weighted by Gasteiger charge is -2.33. The van der Waals surface area contributed by atoms with E-state index < -0.39 is 25.3 Å². The molecule has 200 valence electrons. The molecule has 2 heterocycles. The first kappa shape index (κ1) is 27.3. The Kier molecular flexibility index (Phi) is 7.80. The number of amides is 1. The largest absolute Gasteiger partial charge is 0.336 e. The summed E-state index contributed by atoms with van der Waals surface area (Å²) in [6, 6.07) is 15.6. The zero-order valence-electron chi connectivity index (χ0n) is 21.6. The van der Waals surface area contributed by atoms with E-state index in [0.717, 1.165) is 22.2 Å². The molecule has 0 saturated carbocycles. The van der Waals surface area contributed by atoms with Crippen LogP contribution in [-0.4, -0.2) is 80.7 Å². The van der Waals surface area contributed by atoms with Crippen LogP contribution < -0.4 is 4.72 Å². The number of sulfonamides is 2. The molecule has 3 aromatic rings. The third-order valence-corrected chi connectivity index (χ3v) is 10.00. The lowest BCUT2D eigenvalue weighted by atomic mass is 10.0. The molecule has 37 heavy (non-hydrogen) atoms. The average molecular weight is 547 g/mol. The van der Waals surface area contributed by atoms with Gasteiger partial charge in [0.25, 0.3) is 5.91 Å². The Balaban J connectivity index is 1.45. The van der Waals surface area contributed by atoms with Gasteiger partial charge in [-0.2, -0.15) is 4.31 Å². The highest BCUT2D eigenvalue weighted by molar-refractivity contribution is 7.90. The normalized spacial score (nSPS) is 16.4. The zero-order valence-corrected chi connectivity index (χ0v) is 23.2. The molecule has 1 aliphatic heterocycles. The van der Waals surface area contributed by atoms with Crippen molar-refractivity contribution in [2.75, 3.05) is 39.0 Å². The van der Waals surface area contributed by atoms with Crippen molar-refractivity contribution in [3.05, 3.63) is 65.9 Å². The summed E-state index contributed by atoms with van der Waals surface area (Å²) in [5.74, 6) is -0.0777. The van der Waals surface area contributed by atoms with Crippen LogP contribution in [0, 0.1) is 0 Å². The van der Waals surface area contributed by atoms with Crippen LogP contribution >= 0.6 is 0 Å². The Morgan fingerprint density at radius 1 is 0.919 bits per heavy atom. The molecular formula is C26H34N4O5S2. The number of carbonyl (C=O) groups excluding carboxylic acids is 1. The number of piperazine rings is 1. The molecule has 0 aliphatic carbocycles. The fourth-order valence-corrected chi connectivity index (χ4v) is 6.04. The number of hydrogen-bond donors (Lipinski definition) is 1. The Morgan fingerprint density at radius 2 is 1.57 bits per heavy atom. The van der Waals surface area contributed by atoms with Crippen LogP contribution in [0.5, 0.6) is 0 Å². The molecule has 1 aromatic heterocycles. The number of nitrogens with one attached hydrogen (secondary N) is 1. The topological polar surface area (TPSA) is 109 Å². The summed E-state index contributed by atoms with van der Waals surface area (Å²) in [6.07, 6.45) is 3.15. The van der Waals surface area contributed by atoms with Crippen LogP contribution in [0.3, 0.4) is 0 Å². The van der Waals surface area contributed by atoms with Crippen LogP contribution in [-0.2, 0) is 20.0 Å². The molecule has 1 saturated heterocycles. The van der Waals surface area contributed by atoms with Crippen molar-refractivity contribution in [3.8, 4) is 5.69 Å². The number of nitrogens with zero attached hydrogens (tertiary/aromatic N) is 3. The Bertz CT molecular complexity index is 1490. The van der Waals surface area contributed by atoms with E-state index in [0.29, 0.717) is 38.3 Å². The van der Waals surface area contributed by atoms with E-state index in [4.69, 9.17) is 0 Å². The predicted octanol–water partition coefficient (Wildman–Crippen LogP) is 2.78. The molecule has 4 rings (SSSR count). The predicted molar refractivity (Wildman–Crippen MR) is 146 cm³/mol. The third kappa shape index (κ3) is 6.06. The van der Waals surface area contributed by atoms with Crippen molar-refractivity contribution in [1.29, 1.82) is 0 Å². The van der Waals surface area contributed by atoms with Gasteiger partial charge in [-0.1, -0.05) is 19.1 Å². The van der Waals surface area contributed by atoms with E-state index in [-0.39, 0.29) is 11.8 Å². The maximum atomic E-state index is 13.0. The van der Waals surface area contributed by atoms with Crippen molar-refractivity contribution in [2.24, 2.45) is 0 Å². The maximum Gasteiger partial charge on any atom is 0.253 e. The minimum absolute atomic E-state index is 0.0249. The van der Waals surface area contributed by atoms with E-state index in [1.165, 1.54) is 10.6 Å². The molecule has 0 unspecified atom stereocenters. The smallest absolute Gasteiger partial charge is 0.253 e. The van der Waals surface area contributed by atoms with Crippen molar-refractivity contribution < 1.29 is 21.6 Å².